The number of hydrogen-bond acceptors (Lipinski definition) is 6. The van der Waals surface area contributed by atoms with Crippen LogP contribution in [0.15, 0.2) is 5.38 Å². The van der Waals surface area contributed by atoms with Gasteiger partial charge in [0.15, 0.2) is 5.13 Å². The van der Waals surface area contributed by atoms with Gasteiger partial charge in [0.25, 0.3) is 0 Å². The molecule has 1 aromatic rings. The van der Waals surface area contributed by atoms with Gasteiger partial charge >= 0.3 is 5.97 Å². The first-order valence-corrected chi connectivity index (χ1v) is 8.23. The summed E-state index contributed by atoms with van der Waals surface area (Å²) in [5, 5.41) is 12.9. The van der Waals surface area contributed by atoms with E-state index in [1.54, 1.807) is 0 Å². The summed E-state index contributed by atoms with van der Waals surface area (Å²) in [7, 11) is -3.41. The average molecular weight is 321 g/mol. The highest BCUT2D eigenvalue weighted by Crippen LogP contribution is 2.17. The second kappa shape index (κ2) is 5.75. The molecule has 0 radical (unpaired) electrons. The highest BCUT2D eigenvalue weighted by Gasteiger charge is 2.29. The smallest absolute Gasteiger partial charge is 0.328 e. The van der Waals surface area contributed by atoms with Crippen LogP contribution in [0.4, 0.5) is 5.13 Å². The summed E-state index contributed by atoms with van der Waals surface area (Å²) in [5.41, 5.74) is -1.01. The zero-order valence-corrected chi connectivity index (χ0v) is 12.8. The molecule has 1 heterocycles. The Morgan fingerprint density at radius 3 is 2.55 bits per heavy atom. The number of nitrogens with one attached hydrogen (secondary N) is 2. The first-order valence-electron chi connectivity index (χ1n) is 5.46. The number of rotatable bonds is 6. The number of amides is 1. The fourth-order valence-corrected chi connectivity index (χ4v) is 2.77. The van der Waals surface area contributed by atoms with Gasteiger partial charge in [0, 0.05) is 5.38 Å². The van der Waals surface area contributed by atoms with E-state index in [9.17, 15) is 18.0 Å². The van der Waals surface area contributed by atoms with Crippen molar-refractivity contribution < 1.29 is 23.1 Å². The fourth-order valence-electron chi connectivity index (χ4n) is 1.20. The Morgan fingerprint density at radius 1 is 1.45 bits per heavy atom. The molecule has 0 spiro atoms. The van der Waals surface area contributed by atoms with E-state index in [4.69, 9.17) is 5.11 Å². The molecule has 0 aliphatic rings. The normalized spacial score (nSPS) is 11.9. The molecule has 1 amide bonds. The van der Waals surface area contributed by atoms with Gasteiger partial charge in [0.05, 0.1) is 18.4 Å². The zero-order valence-electron chi connectivity index (χ0n) is 11.1. The van der Waals surface area contributed by atoms with E-state index >= 15 is 0 Å². The van der Waals surface area contributed by atoms with E-state index in [1.807, 2.05) is 0 Å². The van der Waals surface area contributed by atoms with Crippen molar-refractivity contribution in [1.82, 2.24) is 10.3 Å². The number of hydrogen-bond donors (Lipinski definition) is 3. The summed E-state index contributed by atoms with van der Waals surface area (Å²) in [6, 6.07) is 0. The summed E-state index contributed by atoms with van der Waals surface area (Å²) in [6.07, 6.45) is 0.870. The Balaban J connectivity index is 2.66. The van der Waals surface area contributed by atoms with Crippen LogP contribution in [0, 0.1) is 0 Å². The van der Waals surface area contributed by atoms with E-state index in [2.05, 4.69) is 15.0 Å². The van der Waals surface area contributed by atoms with Gasteiger partial charge in [0.1, 0.15) is 5.54 Å². The Bertz CT molecular complexity index is 621. The van der Waals surface area contributed by atoms with E-state index in [-0.39, 0.29) is 11.6 Å². The van der Waals surface area contributed by atoms with Crippen LogP contribution >= 0.6 is 11.3 Å². The predicted molar refractivity (Wildman–Crippen MR) is 74.1 cm³/mol. The summed E-state index contributed by atoms with van der Waals surface area (Å²) < 4.78 is 24.2. The quantitative estimate of drug-likeness (QED) is 0.679. The number of aliphatic carboxylic acids is 1. The number of carboxylic acids is 1. The molecule has 3 N–H and O–H groups in total. The highest BCUT2D eigenvalue weighted by atomic mass is 32.2. The third kappa shape index (κ3) is 5.13. The molecule has 0 aliphatic heterocycles. The number of carbonyl (C=O) groups excluding carboxylic acids is 1. The van der Waals surface area contributed by atoms with Crippen LogP contribution < -0.4 is 10.0 Å². The SMILES string of the molecule is CC(C)(NC(=O)Cc1csc(NS(C)(=O)=O)n1)C(=O)O. The number of aromatic nitrogens is 1. The van der Waals surface area contributed by atoms with Gasteiger partial charge < -0.3 is 10.4 Å². The van der Waals surface area contributed by atoms with Crippen molar-refractivity contribution in [3.8, 4) is 0 Å². The van der Waals surface area contributed by atoms with Gasteiger partial charge in [-0.15, -0.1) is 11.3 Å². The van der Waals surface area contributed by atoms with Crippen LogP contribution in [0.25, 0.3) is 0 Å². The summed E-state index contributed by atoms with van der Waals surface area (Å²) in [4.78, 5) is 26.5. The number of nitrogens with zero attached hydrogens (tertiary/aromatic N) is 1. The minimum absolute atomic E-state index is 0.126. The molecule has 0 fully saturated rings. The summed E-state index contributed by atoms with van der Waals surface area (Å²) in [5.74, 6) is -1.66. The van der Waals surface area contributed by atoms with Crippen LogP contribution in [0.2, 0.25) is 0 Å². The van der Waals surface area contributed by atoms with Gasteiger partial charge in [0.2, 0.25) is 15.9 Å². The second-order valence-corrected chi connectivity index (χ2v) is 7.28. The minimum atomic E-state index is -3.41. The molecule has 0 aliphatic carbocycles. The molecular weight excluding hydrogens is 306 g/mol. The summed E-state index contributed by atoms with van der Waals surface area (Å²) >= 11 is 1.04. The highest BCUT2D eigenvalue weighted by molar-refractivity contribution is 7.92. The number of thiazole rings is 1. The monoisotopic (exact) mass is 321 g/mol. The summed E-state index contributed by atoms with van der Waals surface area (Å²) in [6.45, 7) is 2.73. The maximum absolute atomic E-state index is 11.7. The molecule has 0 bridgehead atoms. The van der Waals surface area contributed by atoms with Crippen molar-refractivity contribution >= 4 is 38.4 Å². The van der Waals surface area contributed by atoms with Crippen molar-refractivity contribution in [3.05, 3.63) is 11.1 Å². The number of carbonyl (C=O) groups is 2. The van der Waals surface area contributed by atoms with Gasteiger partial charge in [-0.1, -0.05) is 0 Å². The van der Waals surface area contributed by atoms with Gasteiger partial charge in [-0.05, 0) is 13.8 Å². The maximum Gasteiger partial charge on any atom is 0.328 e. The van der Waals surface area contributed by atoms with Crippen molar-refractivity contribution in [1.29, 1.82) is 0 Å². The minimum Gasteiger partial charge on any atom is -0.480 e. The number of anilines is 1. The lowest BCUT2D eigenvalue weighted by atomic mass is 10.1. The lowest BCUT2D eigenvalue weighted by Crippen LogP contribution is -2.50. The molecule has 10 heteroatoms. The van der Waals surface area contributed by atoms with Crippen molar-refractivity contribution in [3.63, 3.8) is 0 Å². The first-order chi connectivity index (χ1) is 8.99. The molecule has 112 valence electrons. The van der Waals surface area contributed by atoms with Crippen LogP contribution in [-0.2, 0) is 26.0 Å². The van der Waals surface area contributed by atoms with Crippen molar-refractivity contribution in [2.45, 2.75) is 25.8 Å². The molecule has 0 aromatic carbocycles. The van der Waals surface area contributed by atoms with Crippen LogP contribution in [0.3, 0.4) is 0 Å². The Kier molecular flexibility index (Phi) is 4.71. The van der Waals surface area contributed by atoms with Crippen LogP contribution in [0.5, 0.6) is 0 Å². The van der Waals surface area contributed by atoms with Crippen molar-refractivity contribution in [2.24, 2.45) is 0 Å². The first kappa shape index (κ1) is 16.4. The second-order valence-electron chi connectivity index (χ2n) is 4.67. The molecule has 0 saturated carbocycles. The van der Waals surface area contributed by atoms with Gasteiger partial charge in [-0.25, -0.2) is 18.2 Å². The third-order valence-electron chi connectivity index (χ3n) is 2.15. The third-order valence-corrected chi connectivity index (χ3v) is 3.65. The molecule has 0 saturated heterocycles. The maximum atomic E-state index is 11.7. The topological polar surface area (TPSA) is 125 Å². The zero-order chi connectivity index (χ0) is 15.6. The lowest BCUT2D eigenvalue weighted by Gasteiger charge is -2.20. The number of carboxylic acid groups (broad SMARTS) is 1. The van der Waals surface area contributed by atoms with E-state index < -0.39 is 27.4 Å². The molecular formula is C10H15N3O5S2. The van der Waals surface area contributed by atoms with Gasteiger partial charge in [-0.3, -0.25) is 9.52 Å². The molecule has 0 unspecified atom stereocenters. The van der Waals surface area contributed by atoms with Crippen LogP contribution in [0.1, 0.15) is 19.5 Å². The fraction of sp³-hybridized carbons (Fsp3) is 0.500. The standard InChI is InChI=1S/C10H15N3O5S2/c1-10(2,8(15)16)12-7(14)4-6-5-19-9(11-6)13-20(3,17)18/h5H,4H2,1-3H3,(H,11,13)(H,12,14)(H,15,16). The van der Waals surface area contributed by atoms with Crippen LogP contribution in [-0.4, -0.2) is 42.2 Å². The molecule has 1 aromatic heterocycles. The number of sulfonamides is 1. The molecule has 0 atom stereocenters. The van der Waals surface area contributed by atoms with Gasteiger partial charge in [-0.2, -0.15) is 0 Å². The Labute approximate surface area is 120 Å². The largest absolute Gasteiger partial charge is 0.480 e. The predicted octanol–water partition coefficient (Wildman–Crippen LogP) is 0.0365. The molecule has 8 nitrogen and oxygen atoms in total. The van der Waals surface area contributed by atoms with Crippen molar-refractivity contribution in [2.75, 3.05) is 11.0 Å². The Hall–Kier alpha value is -1.68. The molecule has 20 heavy (non-hydrogen) atoms. The average Bonchev–Trinajstić information content (AvgIpc) is 2.60. The Morgan fingerprint density at radius 2 is 2.05 bits per heavy atom. The van der Waals surface area contributed by atoms with E-state index in [1.165, 1.54) is 19.2 Å². The lowest BCUT2D eigenvalue weighted by molar-refractivity contribution is -0.145. The molecule has 1 rings (SSSR count). The van der Waals surface area contributed by atoms with E-state index in [0.29, 0.717) is 5.69 Å². The van der Waals surface area contributed by atoms with E-state index in [0.717, 1.165) is 17.6 Å².